The first-order chi connectivity index (χ1) is 4.35. The maximum atomic E-state index is 8.57. The van der Waals surface area contributed by atoms with E-state index in [4.69, 9.17) is 5.11 Å². The van der Waals surface area contributed by atoms with Crippen molar-refractivity contribution in [1.82, 2.24) is 0 Å². The van der Waals surface area contributed by atoms with Gasteiger partial charge in [0.05, 0.1) is 12.3 Å². The van der Waals surface area contributed by atoms with Crippen molar-refractivity contribution in [2.75, 3.05) is 6.61 Å². The van der Waals surface area contributed by atoms with Crippen LogP contribution in [0.1, 0.15) is 20.3 Å². The highest BCUT2D eigenvalue weighted by Gasteiger charge is 1.83. The van der Waals surface area contributed by atoms with Crippen LogP contribution in [-0.4, -0.2) is 17.9 Å². The molecule has 0 rings (SSSR count). The monoisotopic (exact) mass is 127 g/mol. The van der Waals surface area contributed by atoms with Crippen molar-refractivity contribution in [2.45, 2.75) is 20.3 Å². The van der Waals surface area contributed by atoms with Gasteiger partial charge in [0.2, 0.25) is 0 Å². The third-order valence-electron chi connectivity index (χ3n) is 0.935. The fourth-order valence-corrected chi connectivity index (χ4v) is 0.415. The van der Waals surface area contributed by atoms with Gasteiger partial charge in [-0.2, -0.15) is 0 Å². The molecule has 0 aliphatic rings. The van der Waals surface area contributed by atoms with E-state index in [1.807, 2.05) is 13.8 Å². The summed E-state index contributed by atoms with van der Waals surface area (Å²) in [5.74, 6) is 0. The largest absolute Gasteiger partial charge is 0.390 e. The molecule has 0 atom stereocenters. The molecule has 2 nitrogen and oxygen atoms in total. The minimum atomic E-state index is 0.0347. The van der Waals surface area contributed by atoms with E-state index in [1.54, 1.807) is 12.3 Å². The normalized spacial score (nSPS) is 13.0. The van der Waals surface area contributed by atoms with E-state index in [-0.39, 0.29) is 6.61 Å². The van der Waals surface area contributed by atoms with Crippen LogP contribution in [0.5, 0.6) is 0 Å². The van der Waals surface area contributed by atoms with E-state index in [0.717, 1.165) is 12.1 Å². The third-order valence-corrected chi connectivity index (χ3v) is 0.935. The second kappa shape index (κ2) is 5.51. The average molecular weight is 127 g/mol. The second-order valence-electron chi connectivity index (χ2n) is 1.66. The van der Waals surface area contributed by atoms with Crippen LogP contribution >= 0.6 is 0 Å². The molecule has 0 unspecified atom stereocenters. The van der Waals surface area contributed by atoms with Gasteiger partial charge in [-0.15, -0.1) is 0 Å². The van der Waals surface area contributed by atoms with Gasteiger partial charge in [0.1, 0.15) is 0 Å². The van der Waals surface area contributed by atoms with E-state index in [1.165, 1.54) is 0 Å². The molecule has 0 aromatic heterocycles. The lowest BCUT2D eigenvalue weighted by molar-refractivity contribution is 0.330. The topological polar surface area (TPSA) is 32.6 Å². The molecule has 0 saturated carbocycles. The molecule has 2 heteroatoms. The fourth-order valence-electron chi connectivity index (χ4n) is 0.415. The molecule has 0 aliphatic carbocycles. The molecule has 0 aromatic rings. The van der Waals surface area contributed by atoms with Crippen molar-refractivity contribution in [3.05, 3.63) is 11.8 Å². The first-order valence-corrected chi connectivity index (χ1v) is 3.13. The van der Waals surface area contributed by atoms with Gasteiger partial charge in [-0.3, -0.25) is 4.99 Å². The quantitative estimate of drug-likeness (QED) is 0.570. The van der Waals surface area contributed by atoms with Gasteiger partial charge in [-0.05, 0) is 13.3 Å². The standard InChI is InChI=1S/C7H13NO/c1-3-5-8-7(4-2)6-9/h4-5,9H,3,6H2,1-2H3/b7-4-,8-5?. The molecule has 0 bridgehead atoms. The number of allylic oxidation sites excluding steroid dienone is 1. The summed E-state index contributed by atoms with van der Waals surface area (Å²) >= 11 is 0. The Morgan fingerprint density at radius 1 is 1.67 bits per heavy atom. The van der Waals surface area contributed by atoms with Gasteiger partial charge in [-0.1, -0.05) is 13.0 Å². The maximum Gasteiger partial charge on any atom is 0.0849 e. The Kier molecular flexibility index (Phi) is 5.12. The van der Waals surface area contributed by atoms with E-state index >= 15 is 0 Å². The summed E-state index contributed by atoms with van der Waals surface area (Å²) in [6.07, 6.45) is 4.50. The van der Waals surface area contributed by atoms with Crippen LogP contribution in [0.3, 0.4) is 0 Å². The SMILES string of the molecule is C/C=C(/CO)N=CCC. The van der Waals surface area contributed by atoms with Crippen LogP contribution in [0, 0.1) is 0 Å². The van der Waals surface area contributed by atoms with Crippen LogP contribution < -0.4 is 0 Å². The molecular weight excluding hydrogens is 114 g/mol. The predicted molar refractivity (Wildman–Crippen MR) is 39.6 cm³/mol. The van der Waals surface area contributed by atoms with Crippen LogP contribution in [0.15, 0.2) is 16.8 Å². The highest BCUT2D eigenvalue weighted by Crippen LogP contribution is 1.92. The van der Waals surface area contributed by atoms with Crippen molar-refractivity contribution in [1.29, 1.82) is 0 Å². The molecule has 0 fully saturated rings. The summed E-state index contributed by atoms with van der Waals surface area (Å²) in [4.78, 5) is 3.97. The Hall–Kier alpha value is -0.630. The lowest BCUT2D eigenvalue weighted by Crippen LogP contribution is -1.85. The Morgan fingerprint density at radius 3 is 2.67 bits per heavy atom. The molecule has 0 radical (unpaired) electrons. The zero-order chi connectivity index (χ0) is 7.11. The molecule has 9 heavy (non-hydrogen) atoms. The minimum Gasteiger partial charge on any atom is -0.390 e. The van der Waals surface area contributed by atoms with E-state index in [9.17, 15) is 0 Å². The molecule has 0 aromatic carbocycles. The first-order valence-electron chi connectivity index (χ1n) is 3.13. The van der Waals surface area contributed by atoms with Crippen LogP contribution in [-0.2, 0) is 0 Å². The van der Waals surface area contributed by atoms with Crippen LogP contribution in [0.4, 0.5) is 0 Å². The number of aliphatic hydroxyl groups excluding tert-OH is 1. The predicted octanol–water partition coefficient (Wildman–Crippen LogP) is 1.36. The summed E-state index contributed by atoms with van der Waals surface area (Å²) in [6, 6.07) is 0. The van der Waals surface area contributed by atoms with E-state index < -0.39 is 0 Å². The van der Waals surface area contributed by atoms with Crippen molar-refractivity contribution in [3.63, 3.8) is 0 Å². The lowest BCUT2D eigenvalue weighted by Gasteiger charge is -1.90. The van der Waals surface area contributed by atoms with Gasteiger partial charge < -0.3 is 5.11 Å². The summed E-state index contributed by atoms with van der Waals surface area (Å²) in [5.41, 5.74) is 0.733. The number of aliphatic hydroxyl groups is 1. The second-order valence-corrected chi connectivity index (χ2v) is 1.66. The Bertz CT molecular complexity index is 116. The van der Waals surface area contributed by atoms with E-state index in [2.05, 4.69) is 4.99 Å². The summed E-state index contributed by atoms with van der Waals surface area (Å²) in [7, 11) is 0. The summed E-state index contributed by atoms with van der Waals surface area (Å²) < 4.78 is 0. The lowest BCUT2D eigenvalue weighted by atomic mass is 10.4. The van der Waals surface area contributed by atoms with Gasteiger partial charge >= 0.3 is 0 Å². The van der Waals surface area contributed by atoms with Crippen molar-refractivity contribution >= 4 is 6.21 Å². The number of rotatable bonds is 3. The zero-order valence-electron chi connectivity index (χ0n) is 5.96. The van der Waals surface area contributed by atoms with Crippen LogP contribution in [0.2, 0.25) is 0 Å². The number of hydrogen-bond donors (Lipinski definition) is 1. The Balaban J connectivity index is 3.70. The molecule has 0 spiro atoms. The zero-order valence-corrected chi connectivity index (χ0v) is 5.96. The fraction of sp³-hybridized carbons (Fsp3) is 0.571. The Labute approximate surface area is 55.9 Å². The van der Waals surface area contributed by atoms with E-state index in [0.29, 0.717) is 0 Å². The van der Waals surface area contributed by atoms with Gasteiger partial charge in [-0.25, -0.2) is 0 Å². The van der Waals surface area contributed by atoms with Gasteiger partial charge in [0, 0.05) is 6.21 Å². The molecule has 0 heterocycles. The molecule has 52 valence electrons. The number of hydrogen-bond acceptors (Lipinski definition) is 2. The summed E-state index contributed by atoms with van der Waals surface area (Å²) in [6.45, 7) is 3.90. The van der Waals surface area contributed by atoms with Gasteiger partial charge in [0.15, 0.2) is 0 Å². The first kappa shape index (κ1) is 8.37. The molecule has 1 N–H and O–H groups in total. The average Bonchev–Trinajstić information content (AvgIpc) is 1.91. The molecule has 0 amide bonds. The molecule has 0 aliphatic heterocycles. The van der Waals surface area contributed by atoms with Gasteiger partial charge in [0.25, 0.3) is 0 Å². The maximum absolute atomic E-state index is 8.57. The van der Waals surface area contributed by atoms with Crippen molar-refractivity contribution in [3.8, 4) is 0 Å². The number of aliphatic imine (C=N–C) groups is 1. The summed E-state index contributed by atoms with van der Waals surface area (Å²) in [5, 5.41) is 8.57. The highest BCUT2D eigenvalue weighted by molar-refractivity contribution is 5.58. The minimum absolute atomic E-state index is 0.0347. The highest BCUT2D eigenvalue weighted by atomic mass is 16.3. The van der Waals surface area contributed by atoms with Crippen LogP contribution in [0.25, 0.3) is 0 Å². The Morgan fingerprint density at radius 2 is 2.33 bits per heavy atom. The number of nitrogens with zero attached hydrogens (tertiary/aromatic N) is 1. The molecular formula is C7H13NO. The smallest absolute Gasteiger partial charge is 0.0849 e. The van der Waals surface area contributed by atoms with Crippen molar-refractivity contribution < 1.29 is 5.11 Å². The van der Waals surface area contributed by atoms with Crippen molar-refractivity contribution in [2.24, 2.45) is 4.99 Å². The third kappa shape index (κ3) is 3.91. The molecule has 0 saturated heterocycles.